The van der Waals surface area contributed by atoms with E-state index in [1.807, 2.05) is 6.19 Å². The van der Waals surface area contributed by atoms with Gasteiger partial charge in [-0.05, 0) is 24.1 Å². The second kappa shape index (κ2) is 3.90. The standard InChI is InChI=1S/C10H11FN2/c1-8-5-9(3-4-10(8)11)6-13(2)7-12/h3-5H,6H2,1-2H3. The minimum absolute atomic E-state index is 0.205. The normalized spacial score (nSPS) is 9.38. The zero-order valence-electron chi connectivity index (χ0n) is 7.71. The lowest BCUT2D eigenvalue weighted by Crippen LogP contribution is -2.10. The Labute approximate surface area is 77.2 Å². The molecule has 0 atom stereocenters. The summed E-state index contributed by atoms with van der Waals surface area (Å²) >= 11 is 0. The first kappa shape index (κ1) is 9.53. The summed E-state index contributed by atoms with van der Waals surface area (Å²) in [4.78, 5) is 1.49. The van der Waals surface area contributed by atoms with E-state index in [0.717, 1.165) is 5.56 Å². The van der Waals surface area contributed by atoms with Crippen molar-refractivity contribution in [1.29, 1.82) is 5.26 Å². The van der Waals surface area contributed by atoms with Gasteiger partial charge in [-0.15, -0.1) is 0 Å². The van der Waals surface area contributed by atoms with E-state index in [-0.39, 0.29) is 5.82 Å². The van der Waals surface area contributed by atoms with Crippen LogP contribution in [0.25, 0.3) is 0 Å². The molecule has 1 rings (SSSR count). The molecule has 0 amide bonds. The molecule has 0 N–H and O–H groups in total. The second-order valence-corrected chi connectivity index (χ2v) is 3.04. The van der Waals surface area contributed by atoms with E-state index >= 15 is 0 Å². The van der Waals surface area contributed by atoms with E-state index in [1.54, 1.807) is 26.1 Å². The molecule has 2 nitrogen and oxygen atoms in total. The molecule has 0 radical (unpaired) electrons. The van der Waals surface area contributed by atoms with E-state index in [4.69, 9.17) is 5.26 Å². The quantitative estimate of drug-likeness (QED) is 0.512. The number of nitrogens with zero attached hydrogens (tertiary/aromatic N) is 2. The van der Waals surface area contributed by atoms with E-state index in [2.05, 4.69) is 0 Å². The van der Waals surface area contributed by atoms with Crippen molar-refractivity contribution < 1.29 is 4.39 Å². The molecule has 0 aliphatic heterocycles. The summed E-state index contributed by atoms with van der Waals surface area (Å²) in [5.74, 6) is -0.205. The number of nitriles is 1. The molecule has 0 heterocycles. The van der Waals surface area contributed by atoms with Crippen molar-refractivity contribution >= 4 is 0 Å². The summed E-state index contributed by atoms with van der Waals surface area (Å²) < 4.78 is 12.8. The molecule has 68 valence electrons. The third-order valence-electron chi connectivity index (χ3n) is 1.81. The minimum Gasteiger partial charge on any atom is -0.309 e. The first-order valence-electron chi connectivity index (χ1n) is 3.99. The van der Waals surface area contributed by atoms with Gasteiger partial charge in [-0.25, -0.2) is 4.39 Å². The molecule has 3 heteroatoms. The summed E-state index contributed by atoms with van der Waals surface area (Å²) in [5, 5.41) is 8.52. The molecular weight excluding hydrogens is 167 g/mol. The minimum atomic E-state index is -0.205. The highest BCUT2D eigenvalue weighted by atomic mass is 19.1. The largest absolute Gasteiger partial charge is 0.309 e. The van der Waals surface area contributed by atoms with Crippen LogP contribution in [0.2, 0.25) is 0 Å². The van der Waals surface area contributed by atoms with E-state index < -0.39 is 0 Å². The van der Waals surface area contributed by atoms with Crippen LogP contribution < -0.4 is 0 Å². The van der Waals surface area contributed by atoms with Crippen molar-refractivity contribution in [2.24, 2.45) is 0 Å². The average molecular weight is 178 g/mol. The van der Waals surface area contributed by atoms with Gasteiger partial charge in [0.2, 0.25) is 0 Å². The Hall–Kier alpha value is -1.56. The van der Waals surface area contributed by atoms with Gasteiger partial charge in [-0.3, -0.25) is 0 Å². The predicted octanol–water partition coefficient (Wildman–Crippen LogP) is 2.05. The molecule has 0 unspecified atom stereocenters. The van der Waals surface area contributed by atoms with Crippen LogP contribution in [0.5, 0.6) is 0 Å². The Kier molecular flexibility index (Phi) is 2.86. The highest BCUT2D eigenvalue weighted by Gasteiger charge is 2.00. The molecule has 0 saturated carbocycles. The van der Waals surface area contributed by atoms with Crippen LogP contribution in [0.1, 0.15) is 11.1 Å². The van der Waals surface area contributed by atoms with Crippen molar-refractivity contribution in [2.45, 2.75) is 13.5 Å². The Bertz CT molecular complexity index is 341. The number of benzene rings is 1. The molecule has 0 fully saturated rings. The Morgan fingerprint density at radius 2 is 2.23 bits per heavy atom. The number of halogens is 1. The zero-order chi connectivity index (χ0) is 9.84. The molecule has 0 aromatic heterocycles. The molecule has 0 bridgehead atoms. The van der Waals surface area contributed by atoms with Gasteiger partial charge >= 0.3 is 0 Å². The summed E-state index contributed by atoms with van der Waals surface area (Å²) in [6.45, 7) is 2.24. The van der Waals surface area contributed by atoms with Gasteiger partial charge in [0.1, 0.15) is 5.82 Å². The van der Waals surface area contributed by atoms with Crippen LogP contribution in [-0.2, 0) is 6.54 Å². The van der Waals surface area contributed by atoms with Crippen molar-refractivity contribution in [3.05, 3.63) is 35.1 Å². The maximum atomic E-state index is 12.8. The monoisotopic (exact) mass is 178 g/mol. The summed E-state index contributed by atoms with van der Waals surface area (Å²) in [6, 6.07) is 4.87. The third kappa shape index (κ3) is 2.45. The maximum Gasteiger partial charge on any atom is 0.179 e. The first-order valence-corrected chi connectivity index (χ1v) is 3.99. The van der Waals surface area contributed by atoms with Crippen molar-refractivity contribution in [3.63, 3.8) is 0 Å². The van der Waals surface area contributed by atoms with E-state index in [9.17, 15) is 4.39 Å². The number of aryl methyl sites for hydroxylation is 1. The topological polar surface area (TPSA) is 27.0 Å². The van der Waals surface area contributed by atoms with Crippen LogP contribution in [0, 0.1) is 24.2 Å². The molecular formula is C10H11FN2. The lowest BCUT2D eigenvalue weighted by atomic mass is 10.1. The SMILES string of the molecule is Cc1cc(CN(C)C#N)ccc1F. The van der Waals surface area contributed by atoms with Gasteiger partial charge in [0.25, 0.3) is 0 Å². The van der Waals surface area contributed by atoms with Crippen molar-refractivity contribution in [3.8, 4) is 6.19 Å². The van der Waals surface area contributed by atoms with Crippen LogP contribution in [0.3, 0.4) is 0 Å². The van der Waals surface area contributed by atoms with Gasteiger partial charge in [0, 0.05) is 7.05 Å². The lowest BCUT2D eigenvalue weighted by Gasteiger charge is -2.09. The van der Waals surface area contributed by atoms with Crippen LogP contribution in [0.4, 0.5) is 4.39 Å². The summed E-state index contributed by atoms with van der Waals surface area (Å²) in [7, 11) is 1.69. The van der Waals surface area contributed by atoms with Gasteiger partial charge < -0.3 is 4.90 Å². The fourth-order valence-corrected chi connectivity index (χ4v) is 1.11. The summed E-state index contributed by atoms with van der Waals surface area (Å²) in [6.07, 6.45) is 1.99. The van der Waals surface area contributed by atoms with Crippen LogP contribution in [0.15, 0.2) is 18.2 Å². The molecule has 1 aromatic rings. The van der Waals surface area contributed by atoms with Gasteiger partial charge in [0.15, 0.2) is 6.19 Å². The molecule has 0 aliphatic carbocycles. The highest BCUT2D eigenvalue weighted by Crippen LogP contribution is 2.10. The lowest BCUT2D eigenvalue weighted by molar-refractivity contribution is 0.468. The number of rotatable bonds is 2. The molecule has 0 aliphatic rings. The van der Waals surface area contributed by atoms with Crippen LogP contribution >= 0.6 is 0 Å². The average Bonchev–Trinajstić information content (AvgIpc) is 2.11. The van der Waals surface area contributed by atoms with Crippen molar-refractivity contribution in [2.75, 3.05) is 7.05 Å². The fraction of sp³-hybridized carbons (Fsp3) is 0.300. The maximum absolute atomic E-state index is 12.8. The third-order valence-corrected chi connectivity index (χ3v) is 1.81. The molecule has 1 aromatic carbocycles. The Morgan fingerprint density at radius 3 is 2.77 bits per heavy atom. The fourth-order valence-electron chi connectivity index (χ4n) is 1.11. The first-order chi connectivity index (χ1) is 6.13. The smallest absolute Gasteiger partial charge is 0.179 e. The molecule has 0 spiro atoms. The van der Waals surface area contributed by atoms with Crippen molar-refractivity contribution in [1.82, 2.24) is 4.90 Å². The molecule has 13 heavy (non-hydrogen) atoms. The van der Waals surface area contributed by atoms with Gasteiger partial charge in [-0.2, -0.15) is 5.26 Å². The zero-order valence-corrected chi connectivity index (χ0v) is 7.71. The number of hydrogen-bond acceptors (Lipinski definition) is 2. The Morgan fingerprint density at radius 1 is 1.54 bits per heavy atom. The summed E-state index contributed by atoms with van der Waals surface area (Å²) in [5.41, 5.74) is 1.56. The van der Waals surface area contributed by atoms with Gasteiger partial charge in [-0.1, -0.05) is 12.1 Å². The van der Waals surface area contributed by atoms with E-state index in [1.165, 1.54) is 11.0 Å². The molecule has 0 saturated heterocycles. The second-order valence-electron chi connectivity index (χ2n) is 3.04. The number of hydrogen-bond donors (Lipinski definition) is 0. The Balaban J connectivity index is 2.81. The van der Waals surface area contributed by atoms with Crippen LogP contribution in [-0.4, -0.2) is 11.9 Å². The van der Waals surface area contributed by atoms with Gasteiger partial charge in [0.05, 0.1) is 6.54 Å². The predicted molar refractivity (Wildman–Crippen MR) is 48.2 cm³/mol. The van der Waals surface area contributed by atoms with E-state index in [0.29, 0.717) is 12.1 Å². The highest BCUT2D eigenvalue weighted by molar-refractivity contribution is 5.23.